The van der Waals surface area contributed by atoms with E-state index in [0.717, 1.165) is 32.5 Å². The molecular formula is C10H17FN2O. The first-order valence-corrected chi connectivity index (χ1v) is 5.41. The zero-order valence-electron chi connectivity index (χ0n) is 8.34. The summed E-state index contributed by atoms with van der Waals surface area (Å²) in [5, 5.41) is 3.16. The Balaban J connectivity index is 1.89. The van der Waals surface area contributed by atoms with E-state index in [-0.39, 0.29) is 11.8 Å². The lowest BCUT2D eigenvalue weighted by Crippen LogP contribution is -2.44. The van der Waals surface area contributed by atoms with E-state index in [4.69, 9.17) is 0 Å². The van der Waals surface area contributed by atoms with E-state index in [1.54, 1.807) is 4.90 Å². The third-order valence-electron chi connectivity index (χ3n) is 3.09. The van der Waals surface area contributed by atoms with Gasteiger partial charge in [-0.25, -0.2) is 4.39 Å². The number of nitrogens with zero attached hydrogens (tertiary/aromatic N) is 1. The number of carbonyl (C=O) groups is 1. The van der Waals surface area contributed by atoms with Crippen molar-refractivity contribution in [2.45, 2.75) is 25.4 Å². The minimum Gasteiger partial charge on any atom is -0.340 e. The smallest absolute Gasteiger partial charge is 0.227 e. The van der Waals surface area contributed by atoms with Crippen molar-refractivity contribution in [2.75, 3.05) is 26.2 Å². The zero-order chi connectivity index (χ0) is 9.97. The molecule has 0 aromatic carbocycles. The van der Waals surface area contributed by atoms with Gasteiger partial charge in [-0.1, -0.05) is 0 Å². The van der Waals surface area contributed by atoms with Gasteiger partial charge in [0.15, 0.2) is 0 Å². The fourth-order valence-electron chi connectivity index (χ4n) is 2.25. The molecule has 0 saturated carbocycles. The minimum absolute atomic E-state index is 0.0975. The topological polar surface area (TPSA) is 32.3 Å². The van der Waals surface area contributed by atoms with Crippen molar-refractivity contribution in [1.29, 1.82) is 0 Å². The van der Waals surface area contributed by atoms with Crippen LogP contribution in [0.25, 0.3) is 0 Å². The van der Waals surface area contributed by atoms with Crippen molar-refractivity contribution in [1.82, 2.24) is 10.2 Å². The largest absolute Gasteiger partial charge is 0.340 e. The highest BCUT2D eigenvalue weighted by atomic mass is 19.1. The monoisotopic (exact) mass is 200 g/mol. The Morgan fingerprint density at radius 1 is 1.43 bits per heavy atom. The van der Waals surface area contributed by atoms with Crippen LogP contribution in [0, 0.1) is 5.92 Å². The van der Waals surface area contributed by atoms with E-state index in [1.165, 1.54) is 0 Å². The Labute approximate surface area is 83.6 Å². The Hall–Kier alpha value is -0.640. The number of likely N-dealkylation sites (tertiary alicyclic amines) is 1. The number of piperidine rings is 1. The summed E-state index contributed by atoms with van der Waals surface area (Å²) >= 11 is 0. The number of hydrogen-bond acceptors (Lipinski definition) is 2. The van der Waals surface area contributed by atoms with Crippen LogP contribution in [0.4, 0.5) is 4.39 Å². The molecule has 0 aromatic rings. The highest BCUT2D eigenvalue weighted by Crippen LogP contribution is 2.18. The molecule has 2 aliphatic heterocycles. The van der Waals surface area contributed by atoms with Crippen LogP contribution in [0.3, 0.4) is 0 Å². The molecule has 80 valence electrons. The molecule has 14 heavy (non-hydrogen) atoms. The molecule has 1 amide bonds. The summed E-state index contributed by atoms with van der Waals surface area (Å²) in [5.41, 5.74) is 0. The third-order valence-corrected chi connectivity index (χ3v) is 3.09. The standard InChI is InChI=1S/C10H17FN2O/c11-9-2-1-5-13(7-9)10(14)8-3-4-12-6-8/h8-9,12H,1-7H2/t8-,9+/m1/s1. The van der Waals surface area contributed by atoms with Gasteiger partial charge in [0, 0.05) is 13.1 Å². The second kappa shape index (κ2) is 4.26. The number of carbonyl (C=O) groups excluding carboxylic acids is 1. The molecule has 4 heteroatoms. The fraction of sp³-hybridized carbons (Fsp3) is 0.900. The average Bonchev–Trinajstić information content (AvgIpc) is 2.69. The quantitative estimate of drug-likeness (QED) is 0.670. The molecular weight excluding hydrogens is 183 g/mol. The van der Waals surface area contributed by atoms with Crippen molar-refractivity contribution in [2.24, 2.45) is 5.92 Å². The molecule has 1 N–H and O–H groups in total. The Bertz CT molecular complexity index is 216. The van der Waals surface area contributed by atoms with Crippen LogP contribution in [0.15, 0.2) is 0 Å². The number of rotatable bonds is 1. The molecule has 0 spiro atoms. The van der Waals surface area contributed by atoms with E-state index >= 15 is 0 Å². The molecule has 0 aromatic heterocycles. The van der Waals surface area contributed by atoms with Crippen LogP contribution in [0.1, 0.15) is 19.3 Å². The summed E-state index contributed by atoms with van der Waals surface area (Å²) in [7, 11) is 0. The van der Waals surface area contributed by atoms with Gasteiger partial charge in [-0.15, -0.1) is 0 Å². The Kier molecular flexibility index (Phi) is 3.01. The molecule has 2 saturated heterocycles. The van der Waals surface area contributed by atoms with E-state index in [9.17, 15) is 9.18 Å². The van der Waals surface area contributed by atoms with Gasteiger partial charge in [-0.05, 0) is 25.8 Å². The number of hydrogen-bond donors (Lipinski definition) is 1. The first-order chi connectivity index (χ1) is 6.77. The fourth-order valence-corrected chi connectivity index (χ4v) is 2.25. The maximum atomic E-state index is 13.1. The predicted octanol–water partition coefficient (Wildman–Crippen LogP) is 0.556. The summed E-state index contributed by atoms with van der Waals surface area (Å²) in [6.45, 7) is 2.75. The molecule has 0 unspecified atom stereocenters. The van der Waals surface area contributed by atoms with Crippen LogP contribution in [0.2, 0.25) is 0 Å². The SMILES string of the molecule is O=C([C@@H]1CCNC1)N1CCC[C@H](F)C1. The molecule has 2 atom stereocenters. The highest BCUT2D eigenvalue weighted by molar-refractivity contribution is 5.79. The van der Waals surface area contributed by atoms with E-state index in [0.29, 0.717) is 13.0 Å². The van der Waals surface area contributed by atoms with Gasteiger partial charge in [0.1, 0.15) is 6.17 Å². The highest BCUT2D eigenvalue weighted by Gasteiger charge is 2.30. The lowest BCUT2D eigenvalue weighted by atomic mass is 10.0. The van der Waals surface area contributed by atoms with Gasteiger partial charge in [-0.2, -0.15) is 0 Å². The Morgan fingerprint density at radius 3 is 2.93 bits per heavy atom. The van der Waals surface area contributed by atoms with Crippen LogP contribution in [-0.2, 0) is 4.79 Å². The van der Waals surface area contributed by atoms with Gasteiger partial charge in [0.25, 0.3) is 0 Å². The molecule has 2 aliphatic rings. The predicted molar refractivity (Wildman–Crippen MR) is 51.7 cm³/mol. The second-order valence-electron chi connectivity index (χ2n) is 4.21. The number of alkyl halides is 1. The van der Waals surface area contributed by atoms with E-state index in [2.05, 4.69) is 5.32 Å². The first kappa shape index (κ1) is 9.90. The molecule has 0 radical (unpaired) electrons. The third kappa shape index (κ3) is 2.05. The maximum Gasteiger partial charge on any atom is 0.227 e. The summed E-state index contributed by atoms with van der Waals surface area (Å²) in [5.74, 6) is 0.248. The lowest BCUT2D eigenvalue weighted by molar-refractivity contribution is -0.137. The van der Waals surface area contributed by atoms with Gasteiger partial charge in [0.2, 0.25) is 5.91 Å². The van der Waals surface area contributed by atoms with Gasteiger partial charge in [0.05, 0.1) is 12.5 Å². The van der Waals surface area contributed by atoms with Crippen molar-refractivity contribution in [3.8, 4) is 0 Å². The van der Waals surface area contributed by atoms with Crippen LogP contribution >= 0.6 is 0 Å². The normalized spacial score (nSPS) is 33.4. The van der Waals surface area contributed by atoms with Gasteiger partial charge in [-0.3, -0.25) is 4.79 Å². The molecule has 2 heterocycles. The van der Waals surface area contributed by atoms with Crippen molar-refractivity contribution >= 4 is 5.91 Å². The summed E-state index contributed by atoms with van der Waals surface area (Å²) in [6, 6.07) is 0. The number of nitrogens with one attached hydrogen (secondary N) is 1. The zero-order valence-corrected chi connectivity index (χ0v) is 8.34. The maximum absolute atomic E-state index is 13.1. The second-order valence-corrected chi connectivity index (χ2v) is 4.21. The molecule has 3 nitrogen and oxygen atoms in total. The van der Waals surface area contributed by atoms with E-state index < -0.39 is 6.17 Å². The Morgan fingerprint density at radius 2 is 2.29 bits per heavy atom. The van der Waals surface area contributed by atoms with Crippen molar-refractivity contribution < 1.29 is 9.18 Å². The van der Waals surface area contributed by atoms with Gasteiger partial charge >= 0.3 is 0 Å². The summed E-state index contributed by atoms with van der Waals surface area (Å²) in [4.78, 5) is 13.6. The molecule has 0 bridgehead atoms. The molecule has 0 aliphatic carbocycles. The van der Waals surface area contributed by atoms with Crippen LogP contribution in [0.5, 0.6) is 0 Å². The summed E-state index contributed by atoms with van der Waals surface area (Å²) < 4.78 is 13.1. The van der Waals surface area contributed by atoms with Gasteiger partial charge < -0.3 is 10.2 Å². The lowest BCUT2D eigenvalue weighted by Gasteiger charge is -2.30. The molecule has 2 fully saturated rings. The minimum atomic E-state index is -0.804. The van der Waals surface area contributed by atoms with E-state index in [1.807, 2.05) is 0 Å². The number of amides is 1. The first-order valence-electron chi connectivity index (χ1n) is 5.41. The number of halogens is 1. The summed E-state index contributed by atoms with van der Waals surface area (Å²) in [6.07, 6.45) is 1.54. The van der Waals surface area contributed by atoms with Crippen LogP contribution in [-0.4, -0.2) is 43.2 Å². The molecule has 2 rings (SSSR count). The average molecular weight is 200 g/mol. The van der Waals surface area contributed by atoms with Crippen molar-refractivity contribution in [3.63, 3.8) is 0 Å². The van der Waals surface area contributed by atoms with Crippen molar-refractivity contribution in [3.05, 3.63) is 0 Å². The van der Waals surface area contributed by atoms with Crippen LogP contribution < -0.4 is 5.32 Å².